The maximum atomic E-state index is 12.3. The van der Waals surface area contributed by atoms with Crippen LogP contribution in [-0.2, 0) is 4.79 Å². The van der Waals surface area contributed by atoms with Gasteiger partial charge in [0.05, 0.1) is 18.1 Å². The highest BCUT2D eigenvalue weighted by Gasteiger charge is 2.30. The molecule has 0 radical (unpaired) electrons. The largest absolute Gasteiger partial charge is 0.491 e. The van der Waals surface area contributed by atoms with Gasteiger partial charge in [-0.2, -0.15) is 0 Å². The number of likely N-dealkylation sites (tertiary alicyclic amines) is 1. The molecule has 0 saturated carbocycles. The van der Waals surface area contributed by atoms with Gasteiger partial charge in [0.15, 0.2) is 0 Å². The van der Waals surface area contributed by atoms with Crippen LogP contribution in [0.3, 0.4) is 0 Å². The van der Waals surface area contributed by atoms with Crippen LogP contribution in [0, 0.1) is 0 Å². The van der Waals surface area contributed by atoms with Gasteiger partial charge in [0.1, 0.15) is 5.75 Å². The molecule has 2 saturated heterocycles. The molecule has 2 heterocycles. The summed E-state index contributed by atoms with van der Waals surface area (Å²) < 4.78 is 5.59. The predicted molar refractivity (Wildman–Crippen MR) is 87.7 cm³/mol. The maximum absolute atomic E-state index is 12.3. The first-order valence-electron chi connectivity index (χ1n) is 7.73. The number of hydrogen-bond acceptors (Lipinski definition) is 3. The Bertz CT molecular complexity index is 553. The highest BCUT2D eigenvalue weighted by Crippen LogP contribution is 2.27. The fourth-order valence-corrected chi connectivity index (χ4v) is 3.63. The fourth-order valence-electron chi connectivity index (χ4n) is 3.17. The molecule has 1 aromatic rings. The van der Waals surface area contributed by atoms with E-state index in [9.17, 15) is 4.79 Å². The van der Waals surface area contributed by atoms with Crippen molar-refractivity contribution in [1.29, 1.82) is 0 Å². The highest BCUT2D eigenvalue weighted by molar-refractivity contribution is 6.35. The molecule has 1 amide bonds. The number of carbonyl (C=O) groups is 1. The summed E-state index contributed by atoms with van der Waals surface area (Å²) in [6, 6.07) is 6.14. The Morgan fingerprint density at radius 3 is 2.91 bits per heavy atom. The van der Waals surface area contributed by atoms with Gasteiger partial charge in [0.25, 0.3) is 0 Å². The molecule has 2 bridgehead atoms. The minimum atomic E-state index is 0.152. The molecule has 2 atom stereocenters. The van der Waals surface area contributed by atoms with E-state index >= 15 is 0 Å². The third kappa shape index (κ3) is 3.86. The highest BCUT2D eigenvalue weighted by atomic mass is 35.5. The standard InChI is InChI=1S/C16H20Cl2N2O2/c17-11-1-4-15(14(18)9-11)22-8-6-16(21)20-7-5-12-2-3-13(10-20)19-12/h1,4,9,12-13,19H,2-3,5-8,10H2. The lowest BCUT2D eigenvalue weighted by atomic mass is 10.1. The van der Waals surface area contributed by atoms with Gasteiger partial charge in [-0.25, -0.2) is 0 Å². The van der Waals surface area contributed by atoms with E-state index in [0.29, 0.717) is 40.9 Å². The number of hydrogen-bond donors (Lipinski definition) is 1. The molecular formula is C16H20Cl2N2O2. The molecule has 1 N–H and O–H groups in total. The van der Waals surface area contributed by atoms with Crippen molar-refractivity contribution >= 4 is 29.1 Å². The van der Waals surface area contributed by atoms with E-state index in [1.54, 1.807) is 18.2 Å². The number of rotatable bonds is 4. The Morgan fingerprint density at radius 1 is 1.27 bits per heavy atom. The fraction of sp³-hybridized carbons (Fsp3) is 0.562. The Morgan fingerprint density at radius 2 is 2.09 bits per heavy atom. The van der Waals surface area contributed by atoms with Gasteiger partial charge in [-0.05, 0) is 37.5 Å². The average molecular weight is 343 g/mol. The van der Waals surface area contributed by atoms with Crippen molar-refractivity contribution in [3.8, 4) is 5.75 Å². The summed E-state index contributed by atoms with van der Waals surface area (Å²) in [4.78, 5) is 14.3. The second kappa shape index (κ2) is 7.07. The number of halogens is 2. The summed E-state index contributed by atoms with van der Waals surface area (Å²) in [6.45, 7) is 1.99. The molecule has 3 rings (SSSR count). The number of carbonyl (C=O) groups excluding carboxylic acids is 1. The van der Waals surface area contributed by atoms with Crippen molar-refractivity contribution in [2.75, 3.05) is 19.7 Å². The number of ether oxygens (including phenoxy) is 1. The number of fused-ring (bicyclic) bond motifs is 2. The van der Waals surface area contributed by atoms with Gasteiger partial charge in [-0.15, -0.1) is 0 Å². The lowest BCUT2D eigenvalue weighted by molar-refractivity contribution is -0.131. The van der Waals surface area contributed by atoms with E-state index in [0.717, 1.165) is 19.5 Å². The number of nitrogens with one attached hydrogen (secondary N) is 1. The second-order valence-corrected chi connectivity index (χ2v) is 6.78. The van der Waals surface area contributed by atoms with Crippen molar-refractivity contribution in [1.82, 2.24) is 10.2 Å². The van der Waals surface area contributed by atoms with E-state index in [2.05, 4.69) is 5.32 Å². The van der Waals surface area contributed by atoms with Crippen LogP contribution in [0.15, 0.2) is 18.2 Å². The van der Waals surface area contributed by atoms with Crippen LogP contribution in [0.4, 0.5) is 0 Å². The Labute approximate surface area is 140 Å². The third-order valence-corrected chi connectivity index (χ3v) is 4.87. The van der Waals surface area contributed by atoms with E-state index in [1.807, 2.05) is 4.90 Å². The van der Waals surface area contributed by atoms with E-state index in [1.165, 1.54) is 12.8 Å². The van der Waals surface area contributed by atoms with Crippen LogP contribution in [0.2, 0.25) is 10.0 Å². The first kappa shape index (κ1) is 15.9. The van der Waals surface area contributed by atoms with Gasteiger partial charge < -0.3 is 15.0 Å². The zero-order chi connectivity index (χ0) is 15.5. The van der Waals surface area contributed by atoms with Gasteiger partial charge in [-0.1, -0.05) is 23.2 Å². The average Bonchev–Trinajstić information content (AvgIpc) is 2.80. The van der Waals surface area contributed by atoms with Gasteiger partial charge >= 0.3 is 0 Å². The molecule has 6 heteroatoms. The van der Waals surface area contributed by atoms with Crippen molar-refractivity contribution in [3.63, 3.8) is 0 Å². The molecule has 4 nitrogen and oxygen atoms in total. The molecule has 22 heavy (non-hydrogen) atoms. The monoisotopic (exact) mass is 342 g/mol. The summed E-state index contributed by atoms with van der Waals surface area (Å²) >= 11 is 11.9. The number of nitrogens with zero attached hydrogens (tertiary/aromatic N) is 1. The Hall–Kier alpha value is -0.970. The lowest BCUT2D eigenvalue weighted by Gasteiger charge is -2.24. The maximum Gasteiger partial charge on any atom is 0.226 e. The SMILES string of the molecule is O=C(CCOc1ccc(Cl)cc1Cl)N1CCC2CCC(C1)N2. The van der Waals surface area contributed by atoms with Crippen LogP contribution in [0.25, 0.3) is 0 Å². The summed E-state index contributed by atoms with van der Waals surface area (Å²) in [5.41, 5.74) is 0. The van der Waals surface area contributed by atoms with Gasteiger partial charge in [-0.3, -0.25) is 4.79 Å². The molecular weight excluding hydrogens is 323 g/mol. The normalized spacial score (nSPS) is 24.2. The summed E-state index contributed by atoms with van der Waals surface area (Å²) in [6.07, 6.45) is 3.83. The smallest absolute Gasteiger partial charge is 0.226 e. The van der Waals surface area contributed by atoms with Crippen molar-refractivity contribution < 1.29 is 9.53 Å². The molecule has 2 aliphatic rings. The molecule has 120 valence electrons. The number of benzene rings is 1. The van der Waals surface area contributed by atoms with Crippen molar-refractivity contribution in [2.24, 2.45) is 0 Å². The van der Waals surface area contributed by atoms with Gasteiger partial charge in [0.2, 0.25) is 5.91 Å². The van der Waals surface area contributed by atoms with Crippen molar-refractivity contribution in [3.05, 3.63) is 28.2 Å². The summed E-state index contributed by atoms with van der Waals surface area (Å²) in [5.74, 6) is 0.717. The molecule has 2 unspecified atom stereocenters. The molecule has 0 aromatic heterocycles. The summed E-state index contributed by atoms with van der Waals surface area (Å²) in [7, 11) is 0. The topological polar surface area (TPSA) is 41.6 Å². The predicted octanol–water partition coefficient (Wildman–Crippen LogP) is 3.12. The van der Waals surface area contributed by atoms with Crippen LogP contribution in [0.5, 0.6) is 5.75 Å². The molecule has 0 spiro atoms. The molecule has 0 aliphatic carbocycles. The van der Waals surface area contributed by atoms with Crippen LogP contribution >= 0.6 is 23.2 Å². The van der Waals surface area contributed by atoms with E-state index in [4.69, 9.17) is 27.9 Å². The van der Waals surface area contributed by atoms with E-state index < -0.39 is 0 Å². The Balaban J connectivity index is 1.48. The van der Waals surface area contributed by atoms with Crippen LogP contribution < -0.4 is 10.1 Å². The quantitative estimate of drug-likeness (QED) is 0.913. The van der Waals surface area contributed by atoms with Crippen molar-refractivity contribution in [2.45, 2.75) is 37.8 Å². The second-order valence-electron chi connectivity index (χ2n) is 5.94. The van der Waals surface area contributed by atoms with E-state index in [-0.39, 0.29) is 5.91 Å². The van der Waals surface area contributed by atoms with Gasteiger partial charge in [0, 0.05) is 30.2 Å². The minimum absolute atomic E-state index is 0.152. The molecule has 1 aromatic carbocycles. The zero-order valence-corrected chi connectivity index (χ0v) is 13.9. The minimum Gasteiger partial charge on any atom is -0.491 e. The lowest BCUT2D eigenvalue weighted by Crippen LogP contribution is -2.39. The third-order valence-electron chi connectivity index (χ3n) is 4.34. The number of amides is 1. The van der Waals surface area contributed by atoms with Crippen LogP contribution in [-0.4, -0.2) is 42.6 Å². The molecule has 2 aliphatic heterocycles. The van der Waals surface area contributed by atoms with Crippen LogP contribution in [0.1, 0.15) is 25.7 Å². The Kier molecular flexibility index (Phi) is 5.11. The first-order valence-corrected chi connectivity index (χ1v) is 8.49. The zero-order valence-electron chi connectivity index (χ0n) is 12.4. The first-order chi connectivity index (χ1) is 10.6. The molecule has 2 fully saturated rings. The summed E-state index contributed by atoms with van der Waals surface area (Å²) in [5, 5.41) is 4.62.